The van der Waals surface area contributed by atoms with Gasteiger partial charge in [-0.05, 0) is 45.4 Å². The van der Waals surface area contributed by atoms with E-state index in [1.807, 2.05) is 6.92 Å². The largest absolute Gasteiger partial charge is 0.376 e. The Labute approximate surface area is 140 Å². The zero-order valence-corrected chi connectivity index (χ0v) is 14.3. The van der Waals surface area contributed by atoms with Crippen LogP contribution in [0, 0.1) is 0 Å². The summed E-state index contributed by atoms with van der Waals surface area (Å²) in [6.07, 6.45) is 7.21. The molecule has 2 atom stereocenters. The number of ether oxygens (including phenoxy) is 1. The number of aromatic nitrogens is 3. The van der Waals surface area contributed by atoms with E-state index < -0.39 is 0 Å². The third kappa shape index (κ3) is 3.55. The fourth-order valence-electron chi connectivity index (χ4n) is 3.04. The standard InChI is InChI=1S/C16H24N4O2S/c1-10(15(21)17-9-13-3-2-8-22-13)23-16-19-18-14(11-4-5-11)20(16)12-6-7-12/h10-13H,2-9H2,1H3,(H,17,21)/t10-,13+/m0/s1. The molecule has 7 heteroatoms. The summed E-state index contributed by atoms with van der Waals surface area (Å²) in [5.74, 6) is 1.80. The number of amides is 1. The molecule has 1 aromatic heterocycles. The van der Waals surface area contributed by atoms with Gasteiger partial charge in [0.2, 0.25) is 5.91 Å². The molecule has 4 rings (SSSR count). The van der Waals surface area contributed by atoms with Gasteiger partial charge in [0.15, 0.2) is 5.16 Å². The second-order valence-corrected chi connectivity index (χ2v) is 8.16. The van der Waals surface area contributed by atoms with Gasteiger partial charge in [-0.15, -0.1) is 10.2 Å². The molecular formula is C16H24N4O2S. The van der Waals surface area contributed by atoms with Crippen molar-refractivity contribution in [1.29, 1.82) is 0 Å². The number of thioether (sulfide) groups is 1. The Balaban J connectivity index is 1.36. The highest BCUT2D eigenvalue weighted by Gasteiger charge is 2.37. The highest BCUT2D eigenvalue weighted by molar-refractivity contribution is 8.00. The SMILES string of the molecule is C[C@H](Sc1nnc(C2CC2)n1C1CC1)C(=O)NC[C@H]1CCCO1. The van der Waals surface area contributed by atoms with Crippen LogP contribution in [-0.4, -0.2) is 45.2 Å². The Morgan fingerprint density at radius 2 is 2.17 bits per heavy atom. The van der Waals surface area contributed by atoms with Crippen molar-refractivity contribution in [2.75, 3.05) is 13.2 Å². The fraction of sp³-hybridized carbons (Fsp3) is 0.812. The van der Waals surface area contributed by atoms with Crippen LogP contribution in [0.5, 0.6) is 0 Å². The molecule has 0 bridgehead atoms. The number of nitrogens with one attached hydrogen (secondary N) is 1. The summed E-state index contributed by atoms with van der Waals surface area (Å²) in [4.78, 5) is 12.3. The van der Waals surface area contributed by atoms with E-state index in [1.54, 1.807) is 0 Å². The average molecular weight is 336 g/mol. The first kappa shape index (κ1) is 15.4. The van der Waals surface area contributed by atoms with Gasteiger partial charge in [0.1, 0.15) is 5.82 Å². The van der Waals surface area contributed by atoms with E-state index in [1.165, 1.54) is 37.4 Å². The molecule has 2 aliphatic carbocycles. The summed E-state index contributed by atoms with van der Waals surface area (Å²) < 4.78 is 7.85. The van der Waals surface area contributed by atoms with Gasteiger partial charge in [-0.3, -0.25) is 4.79 Å². The quantitative estimate of drug-likeness (QED) is 0.774. The summed E-state index contributed by atoms with van der Waals surface area (Å²) in [5, 5.41) is 12.5. The maximum Gasteiger partial charge on any atom is 0.233 e. The maximum atomic E-state index is 12.3. The van der Waals surface area contributed by atoms with E-state index in [9.17, 15) is 4.79 Å². The van der Waals surface area contributed by atoms with Crippen molar-refractivity contribution in [3.8, 4) is 0 Å². The van der Waals surface area contributed by atoms with Crippen LogP contribution in [0.1, 0.15) is 63.2 Å². The Hall–Kier alpha value is -1.08. The van der Waals surface area contributed by atoms with Crippen LogP contribution in [-0.2, 0) is 9.53 Å². The summed E-state index contributed by atoms with van der Waals surface area (Å²) in [5.41, 5.74) is 0. The number of hydrogen-bond acceptors (Lipinski definition) is 5. The lowest BCUT2D eigenvalue weighted by Crippen LogP contribution is -2.36. The van der Waals surface area contributed by atoms with E-state index in [2.05, 4.69) is 20.1 Å². The number of nitrogens with zero attached hydrogens (tertiary/aromatic N) is 3. The first-order valence-electron chi connectivity index (χ1n) is 8.73. The van der Waals surface area contributed by atoms with Gasteiger partial charge in [0.05, 0.1) is 11.4 Å². The van der Waals surface area contributed by atoms with Crippen LogP contribution < -0.4 is 5.32 Å². The van der Waals surface area contributed by atoms with E-state index in [0.29, 0.717) is 18.5 Å². The van der Waals surface area contributed by atoms with Gasteiger partial charge in [0.25, 0.3) is 0 Å². The number of rotatable bonds is 7. The Kier molecular flexibility index (Phi) is 4.32. The van der Waals surface area contributed by atoms with Gasteiger partial charge in [0, 0.05) is 25.1 Å². The van der Waals surface area contributed by atoms with Crippen molar-refractivity contribution in [1.82, 2.24) is 20.1 Å². The van der Waals surface area contributed by atoms with Crippen molar-refractivity contribution in [2.45, 2.75) is 73.9 Å². The highest BCUT2D eigenvalue weighted by Crippen LogP contribution is 2.46. The lowest BCUT2D eigenvalue weighted by atomic mass is 10.2. The summed E-state index contributed by atoms with van der Waals surface area (Å²) >= 11 is 1.53. The molecule has 126 valence electrons. The third-order valence-electron chi connectivity index (χ3n) is 4.72. The average Bonchev–Trinajstić information content (AvgIpc) is 3.48. The third-order valence-corrected chi connectivity index (χ3v) is 5.78. The lowest BCUT2D eigenvalue weighted by Gasteiger charge is -2.15. The monoisotopic (exact) mass is 336 g/mol. The fourth-order valence-corrected chi connectivity index (χ4v) is 3.99. The molecule has 1 amide bonds. The minimum atomic E-state index is -0.162. The van der Waals surface area contributed by atoms with Crippen LogP contribution in [0.25, 0.3) is 0 Å². The molecule has 0 unspecified atom stereocenters. The van der Waals surface area contributed by atoms with Crippen molar-refractivity contribution < 1.29 is 9.53 Å². The molecule has 3 aliphatic rings. The van der Waals surface area contributed by atoms with Crippen LogP contribution >= 0.6 is 11.8 Å². The molecule has 2 heterocycles. The van der Waals surface area contributed by atoms with Gasteiger partial charge in [-0.1, -0.05) is 11.8 Å². The predicted molar refractivity (Wildman–Crippen MR) is 87.6 cm³/mol. The molecule has 0 radical (unpaired) electrons. The highest BCUT2D eigenvalue weighted by atomic mass is 32.2. The van der Waals surface area contributed by atoms with Crippen LogP contribution in [0.4, 0.5) is 0 Å². The summed E-state index contributed by atoms with van der Waals surface area (Å²) in [6.45, 7) is 3.38. The van der Waals surface area contributed by atoms with E-state index >= 15 is 0 Å². The first-order valence-corrected chi connectivity index (χ1v) is 9.61. The number of carbonyl (C=O) groups is 1. The Morgan fingerprint density at radius 3 is 2.83 bits per heavy atom. The van der Waals surface area contributed by atoms with Gasteiger partial charge in [-0.2, -0.15) is 0 Å². The second-order valence-electron chi connectivity index (χ2n) is 6.86. The zero-order chi connectivity index (χ0) is 15.8. The molecule has 6 nitrogen and oxygen atoms in total. The lowest BCUT2D eigenvalue weighted by molar-refractivity contribution is -0.120. The van der Waals surface area contributed by atoms with E-state index in [4.69, 9.17) is 4.74 Å². The van der Waals surface area contributed by atoms with E-state index in [0.717, 1.165) is 30.4 Å². The van der Waals surface area contributed by atoms with Gasteiger partial charge in [-0.25, -0.2) is 0 Å². The summed E-state index contributed by atoms with van der Waals surface area (Å²) in [7, 11) is 0. The Morgan fingerprint density at radius 1 is 1.35 bits per heavy atom. The Bertz CT molecular complexity index is 577. The molecule has 0 aromatic carbocycles. The molecule has 1 N–H and O–H groups in total. The summed E-state index contributed by atoms with van der Waals surface area (Å²) in [6, 6.07) is 0.560. The second kappa shape index (κ2) is 6.43. The van der Waals surface area contributed by atoms with Crippen molar-refractivity contribution >= 4 is 17.7 Å². The van der Waals surface area contributed by atoms with Crippen molar-refractivity contribution in [2.24, 2.45) is 0 Å². The van der Waals surface area contributed by atoms with Crippen molar-refractivity contribution in [3.05, 3.63) is 5.82 Å². The molecular weight excluding hydrogens is 312 g/mol. The van der Waals surface area contributed by atoms with Gasteiger partial charge >= 0.3 is 0 Å². The topological polar surface area (TPSA) is 69.0 Å². The number of carbonyl (C=O) groups excluding carboxylic acids is 1. The predicted octanol–water partition coefficient (Wildman–Crippen LogP) is 2.27. The van der Waals surface area contributed by atoms with Crippen LogP contribution in [0.3, 0.4) is 0 Å². The van der Waals surface area contributed by atoms with Gasteiger partial charge < -0.3 is 14.6 Å². The van der Waals surface area contributed by atoms with Crippen LogP contribution in [0.2, 0.25) is 0 Å². The zero-order valence-electron chi connectivity index (χ0n) is 13.5. The van der Waals surface area contributed by atoms with Crippen molar-refractivity contribution in [3.63, 3.8) is 0 Å². The molecule has 3 fully saturated rings. The molecule has 1 aromatic rings. The first-order chi connectivity index (χ1) is 11.2. The minimum Gasteiger partial charge on any atom is -0.376 e. The molecule has 2 saturated carbocycles. The smallest absolute Gasteiger partial charge is 0.233 e. The molecule has 1 saturated heterocycles. The maximum absolute atomic E-state index is 12.3. The van der Waals surface area contributed by atoms with Crippen LogP contribution in [0.15, 0.2) is 5.16 Å². The minimum absolute atomic E-state index is 0.0591. The molecule has 0 spiro atoms. The molecule has 23 heavy (non-hydrogen) atoms. The number of hydrogen-bond donors (Lipinski definition) is 1. The van der Waals surface area contributed by atoms with E-state index in [-0.39, 0.29) is 17.3 Å². The normalized spacial score (nSPS) is 25.5. The molecule has 1 aliphatic heterocycles.